The van der Waals surface area contributed by atoms with Gasteiger partial charge in [-0.3, -0.25) is 4.79 Å². The molecule has 0 spiro atoms. The summed E-state index contributed by atoms with van der Waals surface area (Å²) in [6, 6.07) is 12.3. The van der Waals surface area contributed by atoms with Crippen LogP contribution < -0.4 is 10.1 Å². The van der Waals surface area contributed by atoms with Gasteiger partial charge in [0.2, 0.25) is 11.8 Å². The van der Waals surface area contributed by atoms with E-state index in [-0.39, 0.29) is 11.3 Å². The van der Waals surface area contributed by atoms with E-state index in [4.69, 9.17) is 4.74 Å². The summed E-state index contributed by atoms with van der Waals surface area (Å²) < 4.78 is 5.47. The lowest BCUT2D eigenvalue weighted by molar-refractivity contribution is -0.121. The Labute approximate surface area is 150 Å². The lowest BCUT2D eigenvalue weighted by Crippen LogP contribution is -2.23. The molecule has 0 aliphatic heterocycles. The minimum atomic E-state index is 0.0335. The van der Waals surface area contributed by atoms with Crippen LogP contribution in [0.5, 0.6) is 5.88 Å². The highest BCUT2D eigenvalue weighted by atomic mass is 16.5. The van der Waals surface area contributed by atoms with Crippen LogP contribution in [0.2, 0.25) is 0 Å². The molecule has 134 valence electrons. The number of nitrogens with one attached hydrogen (secondary N) is 1. The molecule has 0 radical (unpaired) electrons. The maximum Gasteiger partial charge on any atom is 0.220 e. The Bertz CT molecular complexity index is 688. The van der Waals surface area contributed by atoms with Gasteiger partial charge < -0.3 is 10.1 Å². The molecule has 4 nitrogen and oxygen atoms in total. The fourth-order valence-electron chi connectivity index (χ4n) is 2.54. The predicted molar refractivity (Wildman–Crippen MR) is 101 cm³/mol. The molecule has 25 heavy (non-hydrogen) atoms. The number of carbonyl (C=O) groups is 1. The first-order chi connectivity index (χ1) is 11.9. The molecule has 2 aromatic rings. The van der Waals surface area contributed by atoms with Crippen molar-refractivity contribution in [2.45, 2.75) is 52.5 Å². The van der Waals surface area contributed by atoms with Crippen LogP contribution in [0.1, 0.15) is 50.8 Å². The molecule has 1 heterocycles. The van der Waals surface area contributed by atoms with Gasteiger partial charge in [0.1, 0.15) is 0 Å². The van der Waals surface area contributed by atoms with E-state index in [1.54, 1.807) is 6.20 Å². The molecule has 0 bridgehead atoms. The van der Waals surface area contributed by atoms with Crippen molar-refractivity contribution in [3.63, 3.8) is 0 Å². The normalized spacial score (nSPS) is 11.2. The second kappa shape index (κ2) is 8.65. The lowest BCUT2D eigenvalue weighted by atomic mass is 9.86. The third-order valence-corrected chi connectivity index (χ3v) is 4.07. The first-order valence-corrected chi connectivity index (χ1v) is 8.83. The summed E-state index contributed by atoms with van der Waals surface area (Å²) in [6.07, 6.45) is 2.90. The number of benzene rings is 1. The third kappa shape index (κ3) is 5.89. The van der Waals surface area contributed by atoms with Crippen LogP contribution in [0, 0.1) is 0 Å². The zero-order chi connectivity index (χ0) is 18.3. The molecule has 0 unspecified atom stereocenters. The van der Waals surface area contributed by atoms with Crippen molar-refractivity contribution in [2.24, 2.45) is 0 Å². The van der Waals surface area contributed by atoms with Crippen LogP contribution in [0.15, 0.2) is 42.6 Å². The van der Waals surface area contributed by atoms with E-state index in [1.165, 1.54) is 11.1 Å². The second-order valence-corrected chi connectivity index (χ2v) is 7.12. The highest BCUT2D eigenvalue weighted by molar-refractivity contribution is 5.76. The van der Waals surface area contributed by atoms with Crippen molar-refractivity contribution in [3.05, 3.63) is 59.3 Å². The van der Waals surface area contributed by atoms with E-state index in [0.29, 0.717) is 25.5 Å². The van der Waals surface area contributed by atoms with E-state index in [1.807, 2.05) is 19.1 Å². The molecule has 0 fully saturated rings. The Balaban J connectivity index is 1.83. The van der Waals surface area contributed by atoms with Crippen LogP contribution >= 0.6 is 0 Å². The first-order valence-electron chi connectivity index (χ1n) is 8.83. The van der Waals surface area contributed by atoms with Crippen molar-refractivity contribution in [2.75, 3.05) is 6.61 Å². The van der Waals surface area contributed by atoms with Crippen LogP contribution in [0.3, 0.4) is 0 Å². The Morgan fingerprint density at radius 2 is 1.88 bits per heavy atom. The van der Waals surface area contributed by atoms with Gasteiger partial charge in [0.05, 0.1) is 6.61 Å². The van der Waals surface area contributed by atoms with Gasteiger partial charge in [-0.2, -0.15) is 0 Å². The van der Waals surface area contributed by atoms with Gasteiger partial charge in [-0.15, -0.1) is 0 Å². The van der Waals surface area contributed by atoms with Gasteiger partial charge in [-0.1, -0.05) is 51.1 Å². The van der Waals surface area contributed by atoms with E-state index in [2.05, 4.69) is 55.3 Å². The fourth-order valence-corrected chi connectivity index (χ4v) is 2.54. The molecule has 1 aromatic carbocycles. The fraction of sp³-hybridized carbons (Fsp3) is 0.429. The lowest BCUT2D eigenvalue weighted by Gasteiger charge is -2.19. The average Bonchev–Trinajstić information content (AvgIpc) is 2.59. The van der Waals surface area contributed by atoms with Gasteiger partial charge in [0, 0.05) is 24.7 Å². The Morgan fingerprint density at radius 1 is 1.16 bits per heavy atom. The topological polar surface area (TPSA) is 51.2 Å². The molecule has 0 atom stereocenters. The Morgan fingerprint density at radius 3 is 2.52 bits per heavy atom. The average molecular weight is 340 g/mol. The SMILES string of the molecule is CCOc1ncccc1CNC(=O)CCc1ccc(C(C)(C)C)cc1. The third-order valence-electron chi connectivity index (χ3n) is 4.07. The Hall–Kier alpha value is -2.36. The second-order valence-electron chi connectivity index (χ2n) is 7.12. The standard InChI is InChI=1S/C21H28N2O2/c1-5-25-20-17(7-6-14-22-20)15-23-19(24)13-10-16-8-11-18(12-9-16)21(2,3)4/h6-9,11-12,14H,5,10,13,15H2,1-4H3,(H,23,24). The van der Waals surface area contributed by atoms with Crippen LogP contribution in [-0.2, 0) is 23.2 Å². The van der Waals surface area contributed by atoms with Crippen LogP contribution in [-0.4, -0.2) is 17.5 Å². The van der Waals surface area contributed by atoms with Crippen LogP contribution in [0.25, 0.3) is 0 Å². The number of nitrogens with zero attached hydrogens (tertiary/aromatic N) is 1. The first kappa shape index (κ1) is 19.0. The molecule has 1 N–H and O–H groups in total. The number of hydrogen-bond acceptors (Lipinski definition) is 3. The molecule has 4 heteroatoms. The molecule has 0 saturated heterocycles. The summed E-state index contributed by atoms with van der Waals surface area (Å²) in [4.78, 5) is 16.3. The van der Waals surface area contributed by atoms with Crippen molar-refractivity contribution in [3.8, 4) is 5.88 Å². The Kier molecular flexibility index (Phi) is 6.57. The van der Waals surface area contributed by atoms with E-state index < -0.39 is 0 Å². The molecule has 0 saturated carbocycles. The number of hydrogen-bond donors (Lipinski definition) is 1. The van der Waals surface area contributed by atoms with Gasteiger partial charge in [-0.25, -0.2) is 4.98 Å². The molecule has 1 amide bonds. The molecule has 1 aromatic heterocycles. The highest BCUT2D eigenvalue weighted by Crippen LogP contribution is 2.22. The maximum absolute atomic E-state index is 12.1. The zero-order valence-corrected chi connectivity index (χ0v) is 15.6. The highest BCUT2D eigenvalue weighted by Gasteiger charge is 2.13. The molecular formula is C21H28N2O2. The quantitative estimate of drug-likeness (QED) is 0.828. The van der Waals surface area contributed by atoms with E-state index in [9.17, 15) is 4.79 Å². The molecule has 0 aliphatic rings. The van der Waals surface area contributed by atoms with Gasteiger partial charge in [0.15, 0.2) is 0 Å². The smallest absolute Gasteiger partial charge is 0.220 e. The number of ether oxygens (including phenoxy) is 1. The monoisotopic (exact) mass is 340 g/mol. The number of aromatic nitrogens is 1. The van der Waals surface area contributed by atoms with Crippen molar-refractivity contribution >= 4 is 5.91 Å². The van der Waals surface area contributed by atoms with Gasteiger partial charge in [0.25, 0.3) is 0 Å². The number of amides is 1. The minimum absolute atomic E-state index is 0.0335. The number of aryl methyl sites for hydroxylation is 1. The number of rotatable bonds is 7. The summed E-state index contributed by atoms with van der Waals surface area (Å²) in [7, 11) is 0. The van der Waals surface area contributed by atoms with E-state index in [0.717, 1.165) is 12.0 Å². The summed E-state index contributed by atoms with van der Waals surface area (Å²) in [6.45, 7) is 9.51. The minimum Gasteiger partial charge on any atom is -0.478 e. The largest absolute Gasteiger partial charge is 0.478 e. The number of carbonyl (C=O) groups excluding carboxylic acids is 1. The van der Waals surface area contributed by atoms with E-state index >= 15 is 0 Å². The van der Waals surface area contributed by atoms with Crippen molar-refractivity contribution in [1.29, 1.82) is 0 Å². The zero-order valence-electron chi connectivity index (χ0n) is 15.6. The van der Waals surface area contributed by atoms with Gasteiger partial charge in [-0.05, 0) is 36.0 Å². The van der Waals surface area contributed by atoms with Crippen LogP contribution in [0.4, 0.5) is 0 Å². The molecular weight excluding hydrogens is 312 g/mol. The molecule has 0 aliphatic carbocycles. The van der Waals surface area contributed by atoms with Gasteiger partial charge >= 0.3 is 0 Å². The predicted octanol–water partition coefficient (Wildman–Crippen LogP) is 4.03. The summed E-state index contributed by atoms with van der Waals surface area (Å²) in [5.74, 6) is 0.620. The maximum atomic E-state index is 12.1. The summed E-state index contributed by atoms with van der Waals surface area (Å²) in [5.41, 5.74) is 3.53. The summed E-state index contributed by atoms with van der Waals surface area (Å²) >= 11 is 0. The van der Waals surface area contributed by atoms with Crippen molar-refractivity contribution in [1.82, 2.24) is 10.3 Å². The number of pyridine rings is 1. The summed E-state index contributed by atoms with van der Waals surface area (Å²) in [5, 5.41) is 2.94. The molecule has 2 rings (SSSR count). The van der Waals surface area contributed by atoms with Crippen molar-refractivity contribution < 1.29 is 9.53 Å².